The number of carbonyl (C=O) groups excluding carboxylic acids is 1. The van der Waals surface area contributed by atoms with Crippen molar-refractivity contribution in [1.29, 1.82) is 0 Å². The van der Waals surface area contributed by atoms with Crippen LogP contribution < -0.4 is 5.32 Å². The smallest absolute Gasteiger partial charge is 0.251 e. The maximum atomic E-state index is 13.0. The zero-order valence-electron chi connectivity index (χ0n) is 9.66. The van der Waals surface area contributed by atoms with Gasteiger partial charge < -0.3 is 5.32 Å². The molecule has 0 aliphatic carbocycles. The average Bonchev–Trinajstić information content (AvgIpc) is 2.40. The Bertz CT molecular complexity index is 619. The molecule has 6 heteroatoms. The van der Waals surface area contributed by atoms with Crippen LogP contribution >= 0.6 is 15.9 Å². The number of aromatic nitrogens is 1. The lowest BCUT2D eigenvalue weighted by molar-refractivity contribution is 0.0950. The lowest BCUT2D eigenvalue weighted by Crippen LogP contribution is -2.22. The molecule has 0 saturated heterocycles. The van der Waals surface area contributed by atoms with E-state index in [-0.39, 0.29) is 12.5 Å². The zero-order chi connectivity index (χ0) is 13.8. The standard InChI is InChI=1S/C13H9BrF2N2O/c14-12-6-9(3-4-17-12)13(19)18-7-8-1-2-10(15)11(16)5-8/h1-6H,7H2,(H,18,19). The van der Waals surface area contributed by atoms with Gasteiger partial charge in [0.2, 0.25) is 0 Å². The second-order valence-electron chi connectivity index (χ2n) is 3.80. The molecule has 0 aliphatic rings. The Morgan fingerprint density at radius 1 is 1.21 bits per heavy atom. The highest BCUT2D eigenvalue weighted by Crippen LogP contribution is 2.10. The Kier molecular flexibility index (Phi) is 4.21. The van der Waals surface area contributed by atoms with Crippen LogP contribution in [0.15, 0.2) is 41.1 Å². The number of nitrogens with zero attached hydrogens (tertiary/aromatic N) is 1. The third-order valence-corrected chi connectivity index (χ3v) is 2.86. The van der Waals surface area contributed by atoms with Crippen molar-refractivity contribution in [1.82, 2.24) is 10.3 Å². The van der Waals surface area contributed by atoms with E-state index in [1.54, 1.807) is 12.1 Å². The highest BCUT2D eigenvalue weighted by atomic mass is 79.9. The first-order valence-corrected chi connectivity index (χ1v) is 6.19. The minimum atomic E-state index is -0.932. The summed E-state index contributed by atoms with van der Waals surface area (Å²) in [6.07, 6.45) is 1.50. The van der Waals surface area contributed by atoms with Crippen LogP contribution in [0, 0.1) is 11.6 Å². The Morgan fingerprint density at radius 2 is 2.00 bits per heavy atom. The number of rotatable bonds is 3. The summed E-state index contributed by atoms with van der Waals surface area (Å²) in [4.78, 5) is 15.7. The normalized spacial score (nSPS) is 10.3. The molecule has 0 radical (unpaired) electrons. The van der Waals surface area contributed by atoms with Gasteiger partial charge in [0.1, 0.15) is 4.60 Å². The van der Waals surface area contributed by atoms with Gasteiger partial charge in [-0.2, -0.15) is 0 Å². The van der Waals surface area contributed by atoms with Crippen LogP contribution in [0.3, 0.4) is 0 Å². The summed E-state index contributed by atoms with van der Waals surface area (Å²) in [6, 6.07) is 6.63. The molecule has 0 spiro atoms. The lowest BCUT2D eigenvalue weighted by atomic mass is 10.2. The van der Waals surface area contributed by atoms with Crippen LogP contribution in [-0.2, 0) is 6.54 Å². The quantitative estimate of drug-likeness (QED) is 0.881. The third-order valence-electron chi connectivity index (χ3n) is 2.43. The fourth-order valence-electron chi connectivity index (χ4n) is 1.48. The summed E-state index contributed by atoms with van der Waals surface area (Å²) < 4.78 is 26.3. The maximum absolute atomic E-state index is 13.0. The monoisotopic (exact) mass is 326 g/mol. The second kappa shape index (κ2) is 5.88. The Balaban J connectivity index is 2.02. The molecule has 0 saturated carbocycles. The number of halogens is 3. The topological polar surface area (TPSA) is 42.0 Å². The summed E-state index contributed by atoms with van der Waals surface area (Å²) in [7, 11) is 0. The van der Waals surface area contributed by atoms with Crippen LogP contribution in [0.1, 0.15) is 15.9 Å². The first kappa shape index (κ1) is 13.6. The zero-order valence-corrected chi connectivity index (χ0v) is 11.2. The molecule has 1 heterocycles. The van der Waals surface area contributed by atoms with Gasteiger partial charge in [0.05, 0.1) is 0 Å². The minimum absolute atomic E-state index is 0.121. The summed E-state index contributed by atoms with van der Waals surface area (Å²) in [5.41, 5.74) is 0.921. The van der Waals surface area contributed by atoms with E-state index in [9.17, 15) is 13.6 Å². The van der Waals surface area contributed by atoms with E-state index in [0.717, 1.165) is 12.1 Å². The summed E-state index contributed by atoms with van der Waals surface area (Å²) >= 11 is 3.16. The molecule has 0 unspecified atom stereocenters. The first-order valence-electron chi connectivity index (χ1n) is 5.40. The molecule has 1 aromatic heterocycles. The molecular formula is C13H9BrF2N2O. The molecule has 19 heavy (non-hydrogen) atoms. The molecule has 2 rings (SSSR count). The molecule has 1 aromatic carbocycles. The van der Waals surface area contributed by atoms with E-state index >= 15 is 0 Å². The fourth-order valence-corrected chi connectivity index (χ4v) is 1.84. The Morgan fingerprint density at radius 3 is 2.68 bits per heavy atom. The number of pyridine rings is 1. The van der Waals surface area contributed by atoms with Gasteiger partial charge in [0, 0.05) is 18.3 Å². The predicted molar refractivity (Wildman–Crippen MR) is 69.5 cm³/mol. The predicted octanol–water partition coefficient (Wildman–Crippen LogP) is 3.05. The molecule has 0 aliphatic heterocycles. The minimum Gasteiger partial charge on any atom is -0.348 e. The molecule has 0 atom stereocenters. The van der Waals surface area contributed by atoms with E-state index in [2.05, 4.69) is 26.2 Å². The SMILES string of the molecule is O=C(NCc1ccc(F)c(F)c1)c1ccnc(Br)c1. The number of amides is 1. The van der Waals surface area contributed by atoms with Crippen molar-refractivity contribution >= 4 is 21.8 Å². The Hall–Kier alpha value is -1.82. The largest absolute Gasteiger partial charge is 0.348 e. The van der Waals surface area contributed by atoms with Crippen LogP contribution in [0.25, 0.3) is 0 Å². The summed E-state index contributed by atoms with van der Waals surface area (Å²) in [6.45, 7) is 0.121. The number of carbonyl (C=O) groups is 1. The Labute approximate surface area is 116 Å². The summed E-state index contributed by atoms with van der Waals surface area (Å²) in [5, 5.41) is 2.61. The van der Waals surface area contributed by atoms with E-state index in [1.165, 1.54) is 12.3 Å². The van der Waals surface area contributed by atoms with Crippen molar-refractivity contribution in [2.75, 3.05) is 0 Å². The van der Waals surface area contributed by atoms with Gasteiger partial charge in [-0.1, -0.05) is 6.07 Å². The average molecular weight is 327 g/mol. The third kappa shape index (κ3) is 3.57. The number of hydrogen-bond acceptors (Lipinski definition) is 2. The molecule has 0 bridgehead atoms. The fraction of sp³-hybridized carbons (Fsp3) is 0.0769. The number of hydrogen-bond donors (Lipinski definition) is 1. The number of benzene rings is 1. The van der Waals surface area contributed by atoms with Crippen LogP contribution in [0.5, 0.6) is 0 Å². The van der Waals surface area contributed by atoms with Gasteiger partial charge >= 0.3 is 0 Å². The molecule has 98 valence electrons. The van der Waals surface area contributed by atoms with E-state index in [1.807, 2.05) is 0 Å². The van der Waals surface area contributed by atoms with Crippen LogP contribution in [-0.4, -0.2) is 10.9 Å². The van der Waals surface area contributed by atoms with Crippen molar-refractivity contribution in [3.63, 3.8) is 0 Å². The molecule has 0 fully saturated rings. The molecule has 3 nitrogen and oxygen atoms in total. The van der Waals surface area contributed by atoms with Gasteiger partial charge in [-0.25, -0.2) is 13.8 Å². The lowest BCUT2D eigenvalue weighted by Gasteiger charge is -2.06. The van der Waals surface area contributed by atoms with Crippen LogP contribution in [0.2, 0.25) is 0 Å². The van der Waals surface area contributed by atoms with Crippen molar-refractivity contribution in [2.24, 2.45) is 0 Å². The maximum Gasteiger partial charge on any atom is 0.251 e. The van der Waals surface area contributed by atoms with Crippen molar-refractivity contribution < 1.29 is 13.6 Å². The van der Waals surface area contributed by atoms with Gasteiger partial charge in [-0.15, -0.1) is 0 Å². The van der Waals surface area contributed by atoms with Crippen LogP contribution in [0.4, 0.5) is 8.78 Å². The van der Waals surface area contributed by atoms with E-state index in [0.29, 0.717) is 15.7 Å². The van der Waals surface area contributed by atoms with Gasteiger partial charge in [-0.05, 0) is 45.8 Å². The number of nitrogens with one attached hydrogen (secondary N) is 1. The van der Waals surface area contributed by atoms with Crippen molar-refractivity contribution in [3.05, 3.63) is 63.9 Å². The van der Waals surface area contributed by atoms with Crippen molar-refractivity contribution in [3.8, 4) is 0 Å². The summed E-state index contributed by atoms with van der Waals surface area (Å²) in [5.74, 6) is -2.15. The molecular weight excluding hydrogens is 318 g/mol. The first-order chi connectivity index (χ1) is 9.06. The highest BCUT2D eigenvalue weighted by Gasteiger charge is 2.07. The molecule has 1 amide bonds. The molecule has 2 aromatic rings. The highest BCUT2D eigenvalue weighted by molar-refractivity contribution is 9.10. The van der Waals surface area contributed by atoms with E-state index < -0.39 is 11.6 Å². The van der Waals surface area contributed by atoms with E-state index in [4.69, 9.17) is 0 Å². The van der Waals surface area contributed by atoms with Gasteiger partial charge in [-0.3, -0.25) is 4.79 Å². The van der Waals surface area contributed by atoms with Gasteiger partial charge in [0.15, 0.2) is 11.6 Å². The van der Waals surface area contributed by atoms with Gasteiger partial charge in [0.25, 0.3) is 5.91 Å². The second-order valence-corrected chi connectivity index (χ2v) is 4.61. The van der Waals surface area contributed by atoms with Crippen molar-refractivity contribution in [2.45, 2.75) is 6.54 Å². The molecule has 1 N–H and O–H groups in total.